The number of para-hydroxylation sites is 1. The molecule has 1 aromatic rings. The molecular weight excluding hydrogens is 216 g/mol. The molecule has 0 aliphatic heterocycles. The van der Waals surface area contributed by atoms with Crippen LogP contribution in [0, 0.1) is 11.8 Å². The van der Waals surface area contributed by atoms with Crippen LogP contribution in [0.15, 0.2) is 18.2 Å². The fourth-order valence-corrected chi connectivity index (χ4v) is 1.56. The topological polar surface area (TPSA) is 27.7 Å². The van der Waals surface area contributed by atoms with Gasteiger partial charge in [-0.05, 0) is 19.9 Å². The minimum absolute atomic E-state index is 0.0825. The van der Waals surface area contributed by atoms with E-state index in [-0.39, 0.29) is 6.10 Å². The number of ether oxygens (including phenoxy) is 3. The first-order valence-corrected chi connectivity index (χ1v) is 5.46. The van der Waals surface area contributed by atoms with Gasteiger partial charge in [0.15, 0.2) is 11.5 Å². The van der Waals surface area contributed by atoms with Gasteiger partial charge in [0.05, 0.1) is 20.3 Å². The van der Waals surface area contributed by atoms with Crippen molar-refractivity contribution in [3.05, 3.63) is 23.8 Å². The van der Waals surface area contributed by atoms with Gasteiger partial charge >= 0.3 is 0 Å². The Kier molecular flexibility index (Phi) is 5.38. The van der Waals surface area contributed by atoms with Gasteiger partial charge in [0.2, 0.25) is 0 Å². The molecule has 0 spiro atoms. The molecule has 0 aromatic heterocycles. The number of rotatable bonds is 5. The van der Waals surface area contributed by atoms with Gasteiger partial charge in [-0.3, -0.25) is 0 Å². The van der Waals surface area contributed by atoms with Gasteiger partial charge in [-0.2, -0.15) is 0 Å². The van der Waals surface area contributed by atoms with E-state index < -0.39 is 0 Å². The maximum absolute atomic E-state index is 5.60. The van der Waals surface area contributed by atoms with Crippen molar-refractivity contribution in [1.29, 1.82) is 0 Å². The highest BCUT2D eigenvalue weighted by Gasteiger charge is 2.15. The largest absolute Gasteiger partial charge is 0.493 e. The molecular formula is C14H18O3. The van der Waals surface area contributed by atoms with Crippen molar-refractivity contribution in [2.24, 2.45) is 0 Å². The second-order valence-corrected chi connectivity index (χ2v) is 3.46. The molecule has 1 aromatic carbocycles. The van der Waals surface area contributed by atoms with Crippen molar-refractivity contribution in [2.75, 3.05) is 20.8 Å². The van der Waals surface area contributed by atoms with Gasteiger partial charge in [-0.25, -0.2) is 0 Å². The van der Waals surface area contributed by atoms with E-state index in [4.69, 9.17) is 14.2 Å². The van der Waals surface area contributed by atoms with E-state index in [9.17, 15) is 0 Å². The monoisotopic (exact) mass is 234 g/mol. The summed E-state index contributed by atoms with van der Waals surface area (Å²) in [5.41, 5.74) is 0.963. The van der Waals surface area contributed by atoms with Crippen LogP contribution >= 0.6 is 0 Å². The number of benzene rings is 1. The smallest absolute Gasteiger partial charge is 0.166 e. The lowest BCUT2D eigenvalue weighted by molar-refractivity contribution is 0.0900. The molecule has 0 N–H and O–H groups in total. The van der Waals surface area contributed by atoms with Gasteiger partial charge in [0.1, 0.15) is 6.61 Å². The minimum atomic E-state index is -0.0825. The highest BCUT2D eigenvalue weighted by atomic mass is 16.5. The van der Waals surface area contributed by atoms with E-state index in [1.807, 2.05) is 25.1 Å². The maximum Gasteiger partial charge on any atom is 0.166 e. The molecule has 0 bridgehead atoms. The SMILES string of the molecule is CC#CCOC(C)c1cccc(OC)c1OC. The maximum atomic E-state index is 5.60. The predicted octanol–water partition coefficient (Wildman–Crippen LogP) is 2.80. The Bertz CT molecular complexity index is 415. The summed E-state index contributed by atoms with van der Waals surface area (Å²) in [5.74, 6) is 7.09. The Labute approximate surface area is 103 Å². The number of hydrogen-bond donors (Lipinski definition) is 0. The standard InChI is InChI=1S/C14H18O3/c1-5-6-10-17-11(2)12-8-7-9-13(15-3)14(12)16-4/h7-9,11H,10H2,1-4H3. The summed E-state index contributed by atoms with van der Waals surface area (Å²) in [5, 5.41) is 0. The molecule has 1 atom stereocenters. The van der Waals surface area contributed by atoms with Crippen molar-refractivity contribution in [2.45, 2.75) is 20.0 Å². The molecule has 0 heterocycles. The molecule has 1 rings (SSSR count). The highest BCUT2D eigenvalue weighted by molar-refractivity contribution is 5.47. The van der Waals surface area contributed by atoms with E-state index in [1.165, 1.54) is 0 Å². The van der Waals surface area contributed by atoms with Crippen LogP contribution in [0.5, 0.6) is 11.5 Å². The Morgan fingerprint density at radius 1 is 1.24 bits per heavy atom. The van der Waals surface area contributed by atoms with Crippen LogP contribution in [0.3, 0.4) is 0 Å². The lowest BCUT2D eigenvalue weighted by atomic mass is 10.1. The van der Waals surface area contributed by atoms with Crippen LogP contribution in [0.2, 0.25) is 0 Å². The van der Waals surface area contributed by atoms with Crippen molar-refractivity contribution in [3.63, 3.8) is 0 Å². The van der Waals surface area contributed by atoms with Crippen molar-refractivity contribution < 1.29 is 14.2 Å². The Morgan fingerprint density at radius 3 is 2.59 bits per heavy atom. The van der Waals surface area contributed by atoms with Gasteiger partial charge in [-0.15, -0.1) is 5.92 Å². The quantitative estimate of drug-likeness (QED) is 0.733. The molecule has 92 valence electrons. The van der Waals surface area contributed by atoms with Crippen molar-refractivity contribution in [1.82, 2.24) is 0 Å². The Balaban J connectivity index is 2.90. The summed E-state index contributed by atoms with van der Waals surface area (Å²) >= 11 is 0. The average molecular weight is 234 g/mol. The van der Waals surface area contributed by atoms with E-state index in [0.717, 1.165) is 5.56 Å². The fraction of sp³-hybridized carbons (Fsp3) is 0.429. The number of hydrogen-bond acceptors (Lipinski definition) is 3. The molecule has 0 aliphatic carbocycles. The second-order valence-electron chi connectivity index (χ2n) is 3.46. The summed E-state index contributed by atoms with van der Waals surface area (Å²) in [4.78, 5) is 0. The van der Waals surface area contributed by atoms with Crippen LogP contribution in [0.4, 0.5) is 0 Å². The normalized spacial score (nSPS) is 11.3. The second kappa shape index (κ2) is 6.82. The molecule has 0 fully saturated rings. The lowest BCUT2D eigenvalue weighted by Gasteiger charge is -2.17. The van der Waals surface area contributed by atoms with E-state index in [2.05, 4.69) is 11.8 Å². The Hall–Kier alpha value is -1.66. The summed E-state index contributed by atoms with van der Waals surface area (Å²) in [7, 11) is 3.25. The molecule has 17 heavy (non-hydrogen) atoms. The highest BCUT2D eigenvalue weighted by Crippen LogP contribution is 2.35. The average Bonchev–Trinajstić information content (AvgIpc) is 2.37. The summed E-state index contributed by atoms with van der Waals surface area (Å²) in [6.07, 6.45) is -0.0825. The summed E-state index contributed by atoms with van der Waals surface area (Å²) < 4.78 is 16.2. The first-order chi connectivity index (χ1) is 8.24. The van der Waals surface area contributed by atoms with Crippen LogP contribution in [-0.2, 0) is 4.74 Å². The van der Waals surface area contributed by atoms with E-state index in [0.29, 0.717) is 18.1 Å². The molecule has 0 saturated carbocycles. The van der Waals surface area contributed by atoms with Crippen LogP contribution in [-0.4, -0.2) is 20.8 Å². The van der Waals surface area contributed by atoms with Gasteiger partial charge in [-0.1, -0.05) is 18.1 Å². The zero-order chi connectivity index (χ0) is 12.7. The minimum Gasteiger partial charge on any atom is -0.493 e. The summed E-state index contributed by atoms with van der Waals surface area (Å²) in [6.45, 7) is 4.17. The first kappa shape index (κ1) is 13.4. The zero-order valence-electron chi connectivity index (χ0n) is 10.7. The van der Waals surface area contributed by atoms with Crippen molar-refractivity contribution >= 4 is 0 Å². The van der Waals surface area contributed by atoms with Gasteiger partial charge in [0.25, 0.3) is 0 Å². The molecule has 0 amide bonds. The summed E-state index contributed by atoms with van der Waals surface area (Å²) in [6, 6.07) is 5.74. The van der Waals surface area contributed by atoms with Crippen molar-refractivity contribution in [3.8, 4) is 23.3 Å². The van der Waals surface area contributed by atoms with E-state index >= 15 is 0 Å². The molecule has 3 nitrogen and oxygen atoms in total. The Morgan fingerprint density at radius 2 is 2.00 bits per heavy atom. The van der Waals surface area contributed by atoms with Crippen LogP contribution in [0.25, 0.3) is 0 Å². The number of methoxy groups -OCH3 is 2. The third-order valence-corrected chi connectivity index (χ3v) is 2.45. The molecule has 0 aliphatic rings. The zero-order valence-corrected chi connectivity index (χ0v) is 10.7. The van der Waals surface area contributed by atoms with Gasteiger partial charge < -0.3 is 14.2 Å². The molecule has 0 radical (unpaired) electrons. The first-order valence-electron chi connectivity index (χ1n) is 5.46. The fourth-order valence-electron chi connectivity index (χ4n) is 1.56. The van der Waals surface area contributed by atoms with Crippen LogP contribution in [0.1, 0.15) is 25.5 Å². The predicted molar refractivity (Wildman–Crippen MR) is 67.4 cm³/mol. The molecule has 0 saturated heterocycles. The molecule has 3 heteroatoms. The van der Waals surface area contributed by atoms with Gasteiger partial charge in [0, 0.05) is 5.56 Å². The van der Waals surface area contributed by atoms with Crippen LogP contribution < -0.4 is 9.47 Å². The van der Waals surface area contributed by atoms with E-state index in [1.54, 1.807) is 21.1 Å². The molecule has 1 unspecified atom stereocenters. The third kappa shape index (κ3) is 3.40. The lowest BCUT2D eigenvalue weighted by Crippen LogP contribution is -2.04. The third-order valence-electron chi connectivity index (χ3n) is 2.45.